The average Bonchev–Trinajstić information content (AvgIpc) is 2.82. The van der Waals surface area contributed by atoms with Crippen molar-refractivity contribution in [3.63, 3.8) is 0 Å². The third-order valence-corrected chi connectivity index (χ3v) is 7.10. The molecule has 0 radical (unpaired) electrons. The van der Waals surface area contributed by atoms with Crippen LogP contribution in [0.5, 0.6) is 0 Å². The molecule has 1 N–H and O–H groups in total. The van der Waals surface area contributed by atoms with Crippen LogP contribution in [0.1, 0.15) is 24.9 Å². The Morgan fingerprint density at radius 2 is 1.96 bits per heavy atom. The van der Waals surface area contributed by atoms with Crippen molar-refractivity contribution in [3.05, 3.63) is 35.9 Å². The van der Waals surface area contributed by atoms with E-state index in [0.717, 1.165) is 16.1 Å². The molecule has 1 fully saturated rings. The molecule has 2 unspecified atom stereocenters. The molecule has 9 heteroatoms. The number of sulfonamides is 1. The molecule has 1 aliphatic rings. The molecule has 24 heavy (non-hydrogen) atoms. The Kier molecular flexibility index (Phi) is 5.67. The van der Waals surface area contributed by atoms with Crippen molar-refractivity contribution in [1.29, 1.82) is 0 Å². The first-order valence-electron chi connectivity index (χ1n) is 7.60. The Hall–Kier alpha value is -1.45. The van der Waals surface area contributed by atoms with E-state index in [4.69, 9.17) is 0 Å². The van der Waals surface area contributed by atoms with Gasteiger partial charge >= 0.3 is 0 Å². The smallest absolute Gasteiger partial charge is 0.235 e. The Balaban J connectivity index is 2.08. The van der Waals surface area contributed by atoms with Gasteiger partial charge in [0.1, 0.15) is 0 Å². The molecule has 0 bridgehead atoms. The van der Waals surface area contributed by atoms with Gasteiger partial charge in [0.05, 0.1) is 24.3 Å². The van der Waals surface area contributed by atoms with Crippen molar-refractivity contribution in [2.75, 3.05) is 24.3 Å². The Bertz CT molecular complexity index is 790. The van der Waals surface area contributed by atoms with Crippen LogP contribution >= 0.6 is 0 Å². The highest BCUT2D eigenvalue weighted by Crippen LogP contribution is 2.22. The predicted octanol–water partition coefficient (Wildman–Crippen LogP) is 0.313. The van der Waals surface area contributed by atoms with Crippen LogP contribution < -0.4 is 5.32 Å². The summed E-state index contributed by atoms with van der Waals surface area (Å²) in [6.45, 7) is 1.37. The molecule has 0 saturated carbocycles. The number of carbonyl (C=O) groups is 1. The number of hydrogen-bond donors (Lipinski definition) is 1. The normalized spacial score (nSPS) is 21.5. The van der Waals surface area contributed by atoms with E-state index >= 15 is 0 Å². The molecular weight excluding hydrogens is 352 g/mol. The number of nitrogens with zero attached hydrogens (tertiary/aromatic N) is 1. The second-order valence-electron chi connectivity index (χ2n) is 6.06. The van der Waals surface area contributed by atoms with Crippen LogP contribution in [0.15, 0.2) is 30.3 Å². The van der Waals surface area contributed by atoms with Gasteiger partial charge in [-0.2, -0.15) is 4.31 Å². The Morgan fingerprint density at radius 1 is 1.33 bits per heavy atom. The minimum Gasteiger partial charge on any atom is -0.351 e. The quantitative estimate of drug-likeness (QED) is 0.772. The molecule has 7 nitrogen and oxygen atoms in total. The topological polar surface area (TPSA) is 101 Å². The standard InChI is InChI=1S/C15H22N2O5S2/c1-12(13-6-4-3-5-7-13)17(23(2,19)20)10-15(18)16-14-8-9-24(21,22)11-14/h3-7,12,14H,8-11H2,1-2H3,(H,16,18). The SMILES string of the molecule is CC(c1ccccc1)N(CC(=O)NC1CCS(=O)(=O)C1)S(C)(=O)=O. The molecule has 1 aromatic carbocycles. The van der Waals surface area contributed by atoms with Gasteiger partial charge in [-0.05, 0) is 18.9 Å². The molecule has 2 atom stereocenters. The molecule has 0 aliphatic carbocycles. The fraction of sp³-hybridized carbons (Fsp3) is 0.533. The maximum absolute atomic E-state index is 12.2. The van der Waals surface area contributed by atoms with Gasteiger partial charge in [-0.3, -0.25) is 4.79 Å². The van der Waals surface area contributed by atoms with Crippen molar-refractivity contribution in [1.82, 2.24) is 9.62 Å². The molecule has 1 saturated heterocycles. The minimum absolute atomic E-state index is 0.0498. The van der Waals surface area contributed by atoms with Gasteiger partial charge in [-0.15, -0.1) is 0 Å². The molecule has 1 aliphatic heterocycles. The maximum Gasteiger partial charge on any atom is 0.235 e. The van der Waals surface area contributed by atoms with Crippen LogP contribution in [0.2, 0.25) is 0 Å². The lowest BCUT2D eigenvalue weighted by molar-refractivity contribution is -0.122. The molecule has 0 aromatic heterocycles. The van der Waals surface area contributed by atoms with E-state index in [1.165, 1.54) is 0 Å². The average molecular weight is 374 g/mol. The molecule has 2 rings (SSSR count). The summed E-state index contributed by atoms with van der Waals surface area (Å²) in [4.78, 5) is 12.2. The molecule has 1 amide bonds. The van der Waals surface area contributed by atoms with E-state index < -0.39 is 37.9 Å². The van der Waals surface area contributed by atoms with Crippen LogP contribution in [0.3, 0.4) is 0 Å². The van der Waals surface area contributed by atoms with Crippen LogP contribution in [0, 0.1) is 0 Å². The van der Waals surface area contributed by atoms with Crippen molar-refractivity contribution in [3.8, 4) is 0 Å². The van der Waals surface area contributed by atoms with Gasteiger partial charge < -0.3 is 5.32 Å². The number of nitrogens with one attached hydrogen (secondary N) is 1. The Morgan fingerprint density at radius 3 is 2.46 bits per heavy atom. The van der Waals surface area contributed by atoms with E-state index in [-0.39, 0.29) is 18.1 Å². The number of rotatable bonds is 6. The van der Waals surface area contributed by atoms with Gasteiger partial charge in [0.25, 0.3) is 0 Å². The van der Waals surface area contributed by atoms with Crippen molar-refractivity contribution >= 4 is 25.8 Å². The van der Waals surface area contributed by atoms with Crippen molar-refractivity contribution in [2.45, 2.75) is 25.4 Å². The fourth-order valence-electron chi connectivity index (χ4n) is 2.76. The second kappa shape index (κ2) is 7.20. The minimum atomic E-state index is -3.61. The van der Waals surface area contributed by atoms with Crippen LogP contribution in [0.4, 0.5) is 0 Å². The van der Waals surface area contributed by atoms with Gasteiger partial charge in [0, 0.05) is 12.1 Å². The summed E-state index contributed by atoms with van der Waals surface area (Å²) in [5.41, 5.74) is 0.777. The third kappa shape index (κ3) is 5.02. The lowest BCUT2D eigenvalue weighted by Gasteiger charge is -2.27. The third-order valence-electron chi connectivity index (χ3n) is 4.04. The molecular formula is C15H22N2O5S2. The first kappa shape index (κ1) is 18.9. The van der Waals surface area contributed by atoms with E-state index in [2.05, 4.69) is 5.32 Å². The number of amides is 1. The Labute approximate surface area is 143 Å². The fourth-order valence-corrected chi connectivity index (χ4v) is 5.48. The monoisotopic (exact) mass is 374 g/mol. The zero-order valence-corrected chi connectivity index (χ0v) is 15.3. The van der Waals surface area contributed by atoms with Crippen molar-refractivity contribution in [2.24, 2.45) is 0 Å². The number of carbonyl (C=O) groups excluding carboxylic acids is 1. The molecule has 1 heterocycles. The highest BCUT2D eigenvalue weighted by molar-refractivity contribution is 7.91. The van der Waals surface area contributed by atoms with Gasteiger partial charge in [0.15, 0.2) is 9.84 Å². The first-order chi connectivity index (χ1) is 11.1. The largest absolute Gasteiger partial charge is 0.351 e. The predicted molar refractivity (Wildman–Crippen MR) is 91.6 cm³/mol. The highest BCUT2D eigenvalue weighted by Gasteiger charge is 2.31. The van der Waals surface area contributed by atoms with Gasteiger partial charge in [-0.25, -0.2) is 16.8 Å². The lowest BCUT2D eigenvalue weighted by Crippen LogP contribution is -2.45. The summed E-state index contributed by atoms with van der Waals surface area (Å²) < 4.78 is 48.1. The zero-order chi connectivity index (χ0) is 18.0. The van der Waals surface area contributed by atoms with Gasteiger partial charge in [0.2, 0.25) is 15.9 Å². The van der Waals surface area contributed by atoms with E-state index in [9.17, 15) is 21.6 Å². The number of sulfone groups is 1. The number of hydrogen-bond acceptors (Lipinski definition) is 5. The van der Waals surface area contributed by atoms with Crippen LogP contribution in [-0.4, -0.2) is 57.4 Å². The second-order valence-corrected chi connectivity index (χ2v) is 10.2. The van der Waals surface area contributed by atoms with E-state index in [1.54, 1.807) is 31.2 Å². The summed E-state index contributed by atoms with van der Waals surface area (Å²) in [6, 6.07) is 8.07. The summed E-state index contributed by atoms with van der Waals surface area (Å²) >= 11 is 0. The van der Waals surface area contributed by atoms with Gasteiger partial charge in [-0.1, -0.05) is 30.3 Å². The van der Waals surface area contributed by atoms with E-state index in [1.807, 2.05) is 6.07 Å². The maximum atomic E-state index is 12.2. The first-order valence-corrected chi connectivity index (χ1v) is 11.3. The lowest BCUT2D eigenvalue weighted by atomic mass is 10.1. The number of benzene rings is 1. The van der Waals surface area contributed by atoms with Crippen LogP contribution in [0.25, 0.3) is 0 Å². The zero-order valence-electron chi connectivity index (χ0n) is 13.7. The highest BCUT2D eigenvalue weighted by atomic mass is 32.2. The van der Waals surface area contributed by atoms with Crippen molar-refractivity contribution < 1.29 is 21.6 Å². The summed E-state index contributed by atoms with van der Waals surface area (Å²) in [6.07, 6.45) is 1.42. The van der Waals surface area contributed by atoms with Crippen LogP contribution in [-0.2, 0) is 24.7 Å². The summed E-state index contributed by atoms with van der Waals surface area (Å²) in [5, 5.41) is 2.62. The molecule has 0 spiro atoms. The summed E-state index contributed by atoms with van der Waals surface area (Å²) in [7, 11) is -6.71. The molecule has 134 valence electrons. The molecule has 1 aromatic rings. The summed E-state index contributed by atoms with van der Waals surface area (Å²) in [5.74, 6) is -0.537. The van der Waals surface area contributed by atoms with E-state index in [0.29, 0.717) is 6.42 Å².